The van der Waals surface area contributed by atoms with Crippen LogP contribution in [0.3, 0.4) is 0 Å². The van der Waals surface area contributed by atoms with Crippen molar-refractivity contribution in [2.45, 2.75) is 32.0 Å². The Bertz CT molecular complexity index is 176. The highest BCUT2D eigenvalue weighted by Gasteiger charge is 2.22. The van der Waals surface area contributed by atoms with Gasteiger partial charge < -0.3 is 0 Å². The molecule has 1 saturated heterocycles. The Hall–Kier alpha value is 0.505. The molecule has 1 fully saturated rings. The smallest absolute Gasteiger partial charge is 0.194 e. The van der Waals surface area contributed by atoms with Gasteiger partial charge in [-0.1, -0.05) is 24.9 Å². The number of hydrogen-bond donors (Lipinski definition) is 0. The van der Waals surface area contributed by atoms with Crippen LogP contribution in [0.2, 0.25) is 6.32 Å². The van der Waals surface area contributed by atoms with Crippen molar-refractivity contribution < 1.29 is 0 Å². The molecule has 1 unspecified atom stereocenters. The SMILES string of the molecule is C1=CCC(CCB2SCCS2)CC1. The molecule has 0 aromatic carbocycles. The maximum atomic E-state index is 2.38. The Labute approximate surface area is 90.2 Å². The van der Waals surface area contributed by atoms with E-state index < -0.39 is 0 Å². The van der Waals surface area contributed by atoms with Gasteiger partial charge in [-0.05, 0) is 36.7 Å². The van der Waals surface area contributed by atoms with Crippen LogP contribution in [0.15, 0.2) is 12.2 Å². The lowest BCUT2D eigenvalue weighted by molar-refractivity contribution is 0.465. The second kappa shape index (κ2) is 5.40. The number of rotatable bonds is 3. The molecule has 0 aromatic rings. The van der Waals surface area contributed by atoms with Crippen molar-refractivity contribution in [2.24, 2.45) is 5.92 Å². The molecule has 1 aliphatic heterocycles. The topological polar surface area (TPSA) is 0 Å². The molecule has 0 nitrogen and oxygen atoms in total. The Morgan fingerprint density at radius 1 is 1.23 bits per heavy atom. The van der Waals surface area contributed by atoms with E-state index in [4.69, 9.17) is 0 Å². The van der Waals surface area contributed by atoms with E-state index in [-0.39, 0.29) is 0 Å². The van der Waals surface area contributed by atoms with Gasteiger partial charge in [0, 0.05) is 0 Å². The first-order chi connectivity index (χ1) is 6.45. The van der Waals surface area contributed by atoms with E-state index in [0.29, 0.717) is 0 Å². The van der Waals surface area contributed by atoms with Gasteiger partial charge in [-0.3, -0.25) is 0 Å². The average molecular weight is 212 g/mol. The fourth-order valence-electron chi connectivity index (χ4n) is 2.06. The van der Waals surface area contributed by atoms with Gasteiger partial charge in [-0.15, -0.1) is 0 Å². The zero-order valence-corrected chi connectivity index (χ0v) is 9.71. The van der Waals surface area contributed by atoms with Crippen molar-refractivity contribution in [1.82, 2.24) is 0 Å². The minimum atomic E-state index is 0.936. The molecule has 0 N–H and O–H groups in total. The maximum Gasteiger partial charge on any atom is 0.273 e. The third-order valence-corrected chi connectivity index (χ3v) is 6.05. The second-order valence-corrected chi connectivity index (χ2v) is 6.82. The molecular formula is C10H17BS2. The lowest BCUT2D eigenvalue weighted by atomic mass is 9.84. The van der Waals surface area contributed by atoms with Crippen molar-refractivity contribution in [3.05, 3.63) is 12.2 Å². The summed E-state index contributed by atoms with van der Waals surface area (Å²) < 4.78 is 0. The molecule has 72 valence electrons. The summed E-state index contributed by atoms with van der Waals surface area (Å²) in [5.74, 6) is 3.78. The van der Waals surface area contributed by atoms with E-state index >= 15 is 0 Å². The molecule has 1 atom stereocenters. The summed E-state index contributed by atoms with van der Waals surface area (Å²) >= 11 is 4.35. The van der Waals surface area contributed by atoms with Gasteiger partial charge in [0.2, 0.25) is 0 Å². The molecule has 1 aliphatic carbocycles. The molecule has 1 heterocycles. The van der Waals surface area contributed by atoms with Gasteiger partial charge in [-0.25, -0.2) is 0 Å². The van der Waals surface area contributed by atoms with Gasteiger partial charge in [0.05, 0.1) is 0 Å². The van der Waals surface area contributed by atoms with E-state index in [1.165, 1.54) is 43.5 Å². The minimum Gasteiger partial charge on any atom is -0.194 e. The zero-order valence-electron chi connectivity index (χ0n) is 8.08. The van der Waals surface area contributed by atoms with Crippen LogP contribution in [0.4, 0.5) is 0 Å². The van der Waals surface area contributed by atoms with Crippen molar-refractivity contribution in [1.29, 1.82) is 0 Å². The first-order valence-electron chi connectivity index (χ1n) is 5.33. The zero-order chi connectivity index (χ0) is 8.93. The highest BCUT2D eigenvalue weighted by Crippen LogP contribution is 2.34. The van der Waals surface area contributed by atoms with Gasteiger partial charge >= 0.3 is 0 Å². The first kappa shape index (κ1) is 10.0. The maximum absolute atomic E-state index is 2.38. The monoisotopic (exact) mass is 212 g/mol. The van der Waals surface area contributed by atoms with Crippen LogP contribution in [0.25, 0.3) is 0 Å². The average Bonchev–Trinajstić information content (AvgIpc) is 2.69. The summed E-state index contributed by atoms with van der Waals surface area (Å²) in [6, 6.07) is 0. The van der Waals surface area contributed by atoms with Crippen LogP contribution in [0.1, 0.15) is 25.7 Å². The Morgan fingerprint density at radius 3 is 2.77 bits per heavy atom. The highest BCUT2D eigenvalue weighted by atomic mass is 32.2. The fraction of sp³-hybridized carbons (Fsp3) is 0.800. The standard InChI is InChI=1S/C10H17BS2/c1-2-4-10(5-3-1)6-7-11-12-8-9-13-11/h1-2,10H,3-9H2. The van der Waals surface area contributed by atoms with Crippen molar-refractivity contribution >= 4 is 28.5 Å². The van der Waals surface area contributed by atoms with E-state index in [2.05, 4.69) is 35.4 Å². The summed E-state index contributed by atoms with van der Waals surface area (Å²) in [4.78, 5) is 0. The summed E-state index contributed by atoms with van der Waals surface area (Å²) in [5.41, 5.74) is 0. The second-order valence-electron chi connectivity index (χ2n) is 3.90. The fourth-order valence-corrected chi connectivity index (χ4v) is 4.93. The van der Waals surface area contributed by atoms with Crippen LogP contribution in [0, 0.1) is 5.92 Å². The third kappa shape index (κ3) is 3.28. The Kier molecular flexibility index (Phi) is 4.17. The lowest BCUT2D eigenvalue weighted by Crippen LogP contribution is -2.06. The number of hydrogen-bond acceptors (Lipinski definition) is 2. The molecule has 0 spiro atoms. The van der Waals surface area contributed by atoms with E-state index in [0.717, 1.165) is 11.2 Å². The predicted octanol–water partition coefficient (Wildman–Crippen LogP) is 3.70. The van der Waals surface area contributed by atoms with Gasteiger partial charge in [0.1, 0.15) is 0 Å². The molecule has 0 saturated carbocycles. The molecular weight excluding hydrogens is 195 g/mol. The van der Waals surface area contributed by atoms with E-state index in [9.17, 15) is 0 Å². The lowest BCUT2D eigenvalue weighted by Gasteiger charge is -2.17. The predicted molar refractivity (Wildman–Crippen MR) is 66.6 cm³/mol. The Morgan fingerprint density at radius 2 is 2.08 bits per heavy atom. The van der Waals surface area contributed by atoms with Gasteiger partial charge in [-0.2, -0.15) is 23.2 Å². The van der Waals surface area contributed by atoms with Crippen molar-refractivity contribution in [3.8, 4) is 0 Å². The molecule has 3 heteroatoms. The van der Waals surface area contributed by atoms with Crippen LogP contribution in [0.5, 0.6) is 0 Å². The van der Waals surface area contributed by atoms with E-state index in [1.54, 1.807) is 0 Å². The highest BCUT2D eigenvalue weighted by molar-refractivity contribution is 8.56. The molecule has 2 aliphatic rings. The first-order valence-corrected chi connectivity index (χ1v) is 7.43. The third-order valence-electron chi connectivity index (χ3n) is 2.88. The molecule has 2 rings (SSSR count). The van der Waals surface area contributed by atoms with Crippen LogP contribution < -0.4 is 0 Å². The van der Waals surface area contributed by atoms with E-state index in [1.807, 2.05) is 0 Å². The molecule has 0 aromatic heterocycles. The van der Waals surface area contributed by atoms with Gasteiger partial charge in [0.25, 0.3) is 5.27 Å². The van der Waals surface area contributed by atoms with Crippen LogP contribution >= 0.6 is 23.2 Å². The Balaban J connectivity index is 1.63. The summed E-state index contributed by atoms with van der Waals surface area (Å²) in [5, 5.41) is 0.936. The molecule has 0 amide bonds. The molecule has 0 radical (unpaired) electrons. The minimum absolute atomic E-state index is 0.936. The van der Waals surface area contributed by atoms with Crippen molar-refractivity contribution in [2.75, 3.05) is 11.5 Å². The van der Waals surface area contributed by atoms with Crippen LogP contribution in [-0.2, 0) is 0 Å². The normalized spacial score (nSPS) is 28.3. The quantitative estimate of drug-likeness (QED) is 0.516. The summed E-state index contributed by atoms with van der Waals surface area (Å²) in [6.07, 6.45) is 11.8. The number of allylic oxidation sites excluding steroid dienone is 2. The van der Waals surface area contributed by atoms with Crippen molar-refractivity contribution in [3.63, 3.8) is 0 Å². The van der Waals surface area contributed by atoms with Gasteiger partial charge in [0.15, 0.2) is 0 Å². The summed E-state index contributed by atoms with van der Waals surface area (Å²) in [6.45, 7) is 0. The molecule has 0 bridgehead atoms. The van der Waals surface area contributed by atoms with Crippen LogP contribution in [-0.4, -0.2) is 16.8 Å². The largest absolute Gasteiger partial charge is 0.273 e. The molecule has 13 heavy (non-hydrogen) atoms. The summed E-state index contributed by atoms with van der Waals surface area (Å²) in [7, 11) is 0.